The lowest BCUT2D eigenvalue weighted by atomic mass is 9.98. The number of nitrogens with zero attached hydrogens (tertiary/aromatic N) is 4. The number of anilines is 1. The van der Waals surface area contributed by atoms with E-state index in [1.165, 1.54) is 32.2 Å². The van der Waals surface area contributed by atoms with Crippen LogP contribution in [-0.2, 0) is 11.0 Å². The number of benzene rings is 1. The van der Waals surface area contributed by atoms with Crippen molar-refractivity contribution in [2.75, 3.05) is 50.7 Å². The summed E-state index contributed by atoms with van der Waals surface area (Å²) in [4.78, 5) is 23.8. The Morgan fingerprint density at radius 2 is 1.86 bits per heavy atom. The molecule has 0 radical (unpaired) electrons. The molecule has 184 valence electrons. The molecule has 2 aliphatic heterocycles. The van der Waals surface area contributed by atoms with Gasteiger partial charge in [0.05, 0.1) is 6.54 Å². The number of pyridine rings is 1. The SMILES string of the molecule is Cc1cc2cc(C3=CCN(C(=O)CN4CCN(c5cccc(C(F)(F)F)n5)CC4)CC3)ccc2s1. The van der Waals surface area contributed by atoms with E-state index in [1.54, 1.807) is 17.4 Å². The molecule has 2 aromatic heterocycles. The van der Waals surface area contributed by atoms with Crippen molar-refractivity contribution in [1.82, 2.24) is 14.8 Å². The first kappa shape index (κ1) is 23.8. The zero-order valence-corrected chi connectivity index (χ0v) is 20.3. The lowest BCUT2D eigenvalue weighted by molar-refractivity contribution is -0.141. The Hall–Kier alpha value is -2.91. The number of piperazine rings is 1. The molecule has 0 unspecified atom stereocenters. The number of amides is 1. The molecule has 0 atom stereocenters. The van der Waals surface area contributed by atoms with E-state index in [-0.39, 0.29) is 5.91 Å². The number of carbonyl (C=O) groups is 1. The third-order valence-corrected chi connectivity index (χ3v) is 7.68. The van der Waals surface area contributed by atoms with Crippen LogP contribution in [0.4, 0.5) is 19.0 Å². The van der Waals surface area contributed by atoms with Crippen molar-refractivity contribution in [1.29, 1.82) is 0 Å². The average molecular weight is 501 g/mol. The van der Waals surface area contributed by atoms with Gasteiger partial charge >= 0.3 is 6.18 Å². The fraction of sp³-hybridized carbons (Fsp3) is 0.385. The number of carbonyl (C=O) groups excluding carboxylic acids is 1. The average Bonchev–Trinajstić information content (AvgIpc) is 3.23. The molecule has 5 nitrogen and oxygen atoms in total. The number of rotatable bonds is 4. The Balaban J connectivity index is 1.14. The highest BCUT2D eigenvalue weighted by molar-refractivity contribution is 7.19. The van der Waals surface area contributed by atoms with Gasteiger partial charge in [0.25, 0.3) is 0 Å². The molecule has 35 heavy (non-hydrogen) atoms. The molecule has 9 heteroatoms. The lowest BCUT2D eigenvalue weighted by Gasteiger charge is -2.36. The molecule has 0 N–H and O–H groups in total. The smallest absolute Gasteiger partial charge is 0.354 e. The molecule has 1 fully saturated rings. The Bertz CT molecular complexity index is 1260. The molecular weight excluding hydrogens is 473 g/mol. The summed E-state index contributed by atoms with van der Waals surface area (Å²) in [5.74, 6) is 0.421. The first-order chi connectivity index (χ1) is 16.8. The van der Waals surface area contributed by atoms with E-state index in [1.807, 2.05) is 9.80 Å². The third kappa shape index (κ3) is 5.36. The summed E-state index contributed by atoms with van der Waals surface area (Å²) in [5, 5.41) is 1.27. The van der Waals surface area contributed by atoms with Gasteiger partial charge in [-0.1, -0.05) is 18.2 Å². The van der Waals surface area contributed by atoms with Gasteiger partial charge < -0.3 is 9.80 Å². The van der Waals surface area contributed by atoms with Crippen LogP contribution in [0, 0.1) is 6.92 Å². The van der Waals surface area contributed by atoms with Crippen LogP contribution in [0.3, 0.4) is 0 Å². The maximum absolute atomic E-state index is 13.0. The zero-order chi connectivity index (χ0) is 24.6. The second-order valence-corrected chi connectivity index (χ2v) is 10.4. The molecule has 1 amide bonds. The van der Waals surface area contributed by atoms with E-state index in [0.717, 1.165) is 12.5 Å². The van der Waals surface area contributed by atoms with Gasteiger partial charge in [0, 0.05) is 48.8 Å². The summed E-state index contributed by atoms with van der Waals surface area (Å²) < 4.78 is 40.2. The standard InChI is InChI=1S/C26H27F3N4OS/c1-18-15-21-16-20(5-6-22(21)35-18)19-7-9-33(10-8-19)25(34)17-31-11-13-32(14-12-31)24-4-2-3-23(30-24)26(27,28)29/h2-7,15-16H,8-14,17H2,1H3. The third-order valence-electron chi connectivity index (χ3n) is 6.65. The van der Waals surface area contributed by atoms with E-state index < -0.39 is 11.9 Å². The van der Waals surface area contributed by atoms with Crippen molar-refractivity contribution in [2.24, 2.45) is 0 Å². The summed E-state index contributed by atoms with van der Waals surface area (Å²) in [6, 6.07) is 12.8. The second-order valence-electron chi connectivity index (χ2n) is 9.07. The van der Waals surface area contributed by atoms with E-state index in [2.05, 4.69) is 47.1 Å². The van der Waals surface area contributed by atoms with Crippen LogP contribution in [0.2, 0.25) is 0 Å². The first-order valence-corrected chi connectivity index (χ1v) is 12.6. The van der Waals surface area contributed by atoms with Crippen LogP contribution in [0.1, 0.15) is 22.6 Å². The fourth-order valence-corrected chi connectivity index (χ4v) is 5.62. The molecule has 2 aliphatic rings. The van der Waals surface area contributed by atoms with Gasteiger partial charge in [-0.2, -0.15) is 13.2 Å². The van der Waals surface area contributed by atoms with E-state index in [4.69, 9.17) is 0 Å². The number of alkyl halides is 3. The van der Waals surface area contributed by atoms with Crippen LogP contribution in [0.25, 0.3) is 15.7 Å². The quantitative estimate of drug-likeness (QED) is 0.502. The Kier molecular flexibility index (Phi) is 6.55. The predicted molar refractivity (Wildman–Crippen MR) is 134 cm³/mol. The van der Waals surface area contributed by atoms with Gasteiger partial charge in [-0.15, -0.1) is 11.3 Å². The highest BCUT2D eigenvalue weighted by Gasteiger charge is 2.33. The number of halogens is 3. The number of hydrogen-bond acceptors (Lipinski definition) is 5. The number of hydrogen-bond donors (Lipinski definition) is 0. The fourth-order valence-electron chi connectivity index (χ4n) is 4.72. The molecule has 0 saturated carbocycles. The number of fused-ring (bicyclic) bond motifs is 1. The summed E-state index contributed by atoms with van der Waals surface area (Å²) in [6.07, 6.45) is -1.48. The molecule has 1 saturated heterocycles. The molecule has 0 bridgehead atoms. The molecule has 1 aromatic carbocycles. The van der Waals surface area contributed by atoms with Gasteiger partial charge in [0.2, 0.25) is 5.91 Å². The molecule has 4 heterocycles. The Morgan fingerprint density at radius 3 is 2.57 bits per heavy atom. The molecule has 3 aromatic rings. The zero-order valence-electron chi connectivity index (χ0n) is 19.5. The van der Waals surface area contributed by atoms with Crippen molar-refractivity contribution < 1.29 is 18.0 Å². The largest absolute Gasteiger partial charge is 0.433 e. The van der Waals surface area contributed by atoms with Crippen LogP contribution >= 0.6 is 11.3 Å². The maximum atomic E-state index is 13.0. The molecular formula is C26H27F3N4OS. The van der Waals surface area contributed by atoms with Crippen LogP contribution in [0.15, 0.2) is 48.5 Å². The van der Waals surface area contributed by atoms with Gasteiger partial charge in [0.15, 0.2) is 0 Å². The molecule has 0 spiro atoms. The van der Waals surface area contributed by atoms with E-state index in [0.29, 0.717) is 51.6 Å². The van der Waals surface area contributed by atoms with Crippen LogP contribution in [-0.4, -0.2) is 66.5 Å². The highest BCUT2D eigenvalue weighted by atomic mass is 32.1. The monoisotopic (exact) mass is 500 g/mol. The van der Waals surface area contributed by atoms with E-state index in [9.17, 15) is 18.0 Å². The number of aromatic nitrogens is 1. The van der Waals surface area contributed by atoms with Crippen molar-refractivity contribution >= 4 is 38.7 Å². The van der Waals surface area contributed by atoms with Crippen LogP contribution in [0.5, 0.6) is 0 Å². The van der Waals surface area contributed by atoms with Gasteiger partial charge in [-0.3, -0.25) is 9.69 Å². The van der Waals surface area contributed by atoms with Crippen molar-refractivity contribution in [3.63, 3.8) is 0 Å². The summed E-state index contributed by atoms with van der Waals surface area (Å²) in [5.41, 5.74) is 1.62. The topological polar surface area (TPSA) is 39.7 Å². The predicted octanol–water partition coefficient (Wildman–Crippen LogP) is 5.06. The summed E-state index contributed by atoms with van der Waals surface area (Å²) in [7, 11) is 0. The summed E-state index contributed by atoms with van der Waals surface area (Å²) >= 11 is 1.80. The van der Waals surface area contributed by atoms with Crippen molar-refractivity contribution in [2.45, 2.75) is 19.5 Å². The van der Waals surface area contributed by atoms with Gasteiger partial charge in [-0.25, -0.2) is 4.98 Å². The summed E-state index contributed by atoms with van der Waals surface area (Å²) in [6.45, 7) is 6.04. The van der Waals surface area contributed by atoms with Gasteiger partial charge in [-0.05, 0) is 60.2 Å². The second kappa shape index (κ2) is 9.62. The minimum Gasteiger partial charge on any atom is -0.354 e. The first-order valence-electron chi connectivity index (χ1n) is 11.8. The van der Waals surface area contributed by atoms with Crippen molar-refractivity contribution in [3.8, 4) is 0 Å². The van der Waals surface area contributed by atoms with Crippen LogP contribution < -0.4 is 4.90 Å². The minimum absolute atomic E-state index is 0.0925. The lowest BCUT2D eigenvalue weighted by Crippen LogP contribution is -2.50. The van der Waals surface area contributed by atoms with Crippen molar-refractivity contribution in [3.05, 3.63) is 64.7 Å². The van der Waals surface area contributed by atoms with E-state index >= 15 is 0 Å². The number of thiophene rings is 1. The highest BCUT2D eigenvalue weighted by Crippen LogP contribution is 2.31. The van der Waals surface area contributed by atoms with Gasteiger partial charge in [0.1, 0.15) is 11.5 Å². The normalized spacial score (nSPS) is 17.7. The Labute approximate surface area is 206 Å². The number of aryl methyl sites for hydroxylation is 1. The molecule has 0 aliphatic carbocycles. The molecule has 5 rings (SSSR count). The maximum Gasteiger partial charge on any atom is 0.433 e. The Morgan fingerprint density at radius 1 is 1.06 bits per heavy atom. The minimum atomic E-state index is -4.46.